The van der Waals surface area contributed by atoms with Gasteiger partial charge in [0, 0.05) is 50.4 Å². The molecule has 9 aromatic rings. The average Bonchev–Trinajstić information content (AvgIpc) is 0.821. The second-order valence-electron chi connectivity index (χ2n) is 24.7. The maximum atomic E-state index is 13.5. The van der Waals surface area contributed by atoms with Gasteiger partial charge in [0.15, 0.2) is 0 Å². The number of unbranched alkanes of at least 4 members (excludes halogenated alkanes) is 11. The van der Waals surface area contributed by atoms with E-state index in [4.69, 9.17) is 4.74 Å². The van der Waals surface area contributed by atoms with Gasteiger partial charge in [0.2, 0.25) is 0 Å². The van der Waals surface area contributed by atoms with Gasteiger partial charge in [-0.2, -0.15) is 13.2 Å². The Hall–Kier alpha value is -10.6. The summed E-state index contributed by atoms with van der Waals surface area (Å²) in [6.07, 6.45) is 12.6. The lowest BCUT2D eigenvalue weighted by molar-refractivity contribution is -0.156. The molecule has 4 amide bonds. The maximum Gasteiger partial charge on any atom is 0.417 e. The summed E-state index contributed by atoms with van der Waals surface area (Å²) in [5, 5.41) is 25.0. The van der Waals surface area contributed by atoms with Crippen LogP contribution in [0.2, 0.25) is 0 Å². The van der Waals surface area contributed by atoms with E-state index < -0.39 is 35.5 Å². The number of hydrogen-bond acceptors (Lipinski definition) is 7. The number of benzene rings is 9. The van der Waals surface area contributed by atoms with Crippen molar-refractivity contribution in [3.63, 3.8) is 0 Å². The molecule has 0 aliphatic rings. The van der Waals surface area contributed by atoms with Crippen LogP contribution in [0.3, 0.4) is 0 Å². The van der Waals surface area contributed by atoms with E-state index in [0.29, 0.717) is 52.4 Å². The van der Waals surface area contributed by atoms with Crippen molar-refractivity contribution >= 4 is 35.6 Å². The van der Waals surface area contributed by atoms with E-state index in [1.165, 1.54) is 116 Å². The summed E-state index contributed by atoms with van der Waals surface area (Å²) < 4.78 is 46.5. The zero-order valence-corrected chi connectivity index (χ0v) is 56.3. The van der Waals surface area contributed by atoms with Gasteiger partial charge in [-0.25, -0.2) is 9.59 Å². The fraction of sp³-hybridized carbons (Fsp3) is 0.277. The van der Waals surface area contributed by atoms with E-state index >= 15 is 0 Å². The maximum absolute atomic E-state index is 13.5. The predicted octanol–water partition coefficient (Wildman–Crippen LogP) is 18.7. The first-order valence-corrected chi connectivity index (χ1v) is 34.1. The van der Waals surface area contributed by atoms with Gasteiger partial charge in [0.1, 0.15) is 11.5 Å². The molecule has 0 aliphatic carbocycles. The summed E-state index contributed by atoms with van der Waals surface area (Å²) in [5.41, 5.74) is 9.66. The van der Waals surface area contributed by atoms with Gasteiger partial charge < -0.3 is 35.4 Å². The van der Waals surface area contributed by atoms with Gasteiger partial charge in [-0.3, -0.25) is 19.2 Å². The molecular weight excluding hydrogens is 1250 g/mol. The molecule has 0 saturated carbocycles. The molecule has 4 N–H and O–H groups in total. The molecular formula is C83H87F3N4O9. The Balaban J connectivity index is 0.000000253. The van der Waals surface area contributed by atoms with Crippen LogP contribution in [0.5, 0.6) is 11.5 Å². The largest absolute Gasteiger partial charge is 0.474 e. The van der Waals surface area contributed by atoms with E-state index in [1.807, 2.05) is 121 Å². The zero-order valence-electron chi connectivity index (χ0n) is 56.3. The van der Waals surface area contributed by atoms with Crippen LogP contribution < -0.4 is 15.4 Å². The second kappa shape index (κ2) is 38.4. The van der Waals surface area contributed by atoms with Crippen molar-refractivity contribution in [2.75, 3.05) is 6.54 Å². The minimum Gasteiger partial charge on any atom is -0.474 e. The number of rotatable bonds is 32. The van der Waals surface area contributed by atoms with Gasteiger partial charge in [-0.05, 0) is 141 Å². The monoisotopic (exact) mass is 1340 g/mol. The quantitative estimate of drug-likeness (QED) is 0.0235. The molecule has 0 aromatic heterocycles. The Morgan fingerprint density at radius 1 is 0.384 bits per heavy atom. The van der Waals surface area contributed by atoms with E-state index in [2.05, 4.69) is 48.7 Å². The molecule has 0 spiro atoms. The summed E-state index contributed by atoms with van der Waals surface area (Å²) in [4.78, 5) is 76.5. The average molecular weight is 1340 g/mol. The third-order valence-corrected chi connectivity index (χ3v) is 17.0. The SMILES string of the molecule is CCCCCCCCCCCCNC(=O)c1ccc(-c2ccc(CN(Cc3ccc(-c4ccccc4C(F)(F)F)cc3)C(=O)C(=O)O)cc2)cc1.CCCCCc1ccc(CNC(=O)c2ccc(-c3ccc(CN(Cc4cccc(Oc5ccccc5)c4)C(=O)C(=O)O)cc3)cc2)cc1. The minimum atomic E-state index is -4.51. The fourth-order valence-electron chi connectivity index (χ4n) is 11.5. The highest BCUT2D eigenvalue weighted by Crippen LogP contribution is 2.37. The smallest absolute Gasteiger partial charge is 0.417 e. The van der Waals surface area contributed by atoms with E-state index in [9.17, 15) is 52.2 Å². The number of carbonyl (C=O) groups excluding carboxylic acids is 4. The summed E-state index contributed by atoms with van der Waals surface area (Å²) in [7, 11) is 0. The Bertz CT molecular complexity index is 4030. The van der Waals surface area contributed by atoms with Crippen molar-refractivity contribution in [2.45, 2.75) is 143 Å². The number of halogens is 3. The Morgan fingerprint density at radius 2 is 0.778 bits per heavy atom. The summed E-state index contributed by atoms with van der Waals surface area (Å²) >= 11 is 0. The highest BCUT2D eigenvalue weighted by atomic mass is 19.4. The van der Waals surface area contributed by atoms with E-state index in [1.54, 1.807) is 42.5 Å². The lowest BCUT2D eigenvalue weighted by atomic mass is 9.98. The summed E-state index contributed by atoms with van der Waals surface area (Å²) in [5.74, 6) is -4.15. The van der Waals surface area contributed by atoms with Crippen LogP contribution in [0.15, 0.2) is 224 Å². The van der Waals surface area contributed by atoms with E-state index in [-0.39, 0.29) is 43.6 Å². The molecule has 514 valence electrons. The van der Waals surface area contributed by atoms with Crippen LogP contribution in [0.1, 0.15) is 157 Å². The van der Waals surface area contributed by atoms with Crippen LogP contribution in [-0.2, 0) is 64.5 Å². The van der Waals surface area contributed by atoms with Crippen molar-refractivity contribution in [1.29, 1.82) is 0 Å². The number of nitrogens with one attached hydrogen (secondary N) is 2. The molecule has 13 nitrogen and oxygen atoms in total. The van der Waals surface area contributed by atoms with Crippen molar-refractivity contribution in [1.82, 2.24) is 20.4 Å². The number of aryl methyl sites for hydroxylation is 1. The molecule has 0 radical (unpaired) electrons. The molecule has 0 aliphatic heterocycles. The number of aliphatic carboxylic acids is 2. The molecule has 0 bridgehead atoms. The molecule has 16 heteroatoms. The van der Waals surface area contributed by atoms with Crippen LogP contribution in [0, 0.1) is 0 Å². The third-order valence-electron chi connectivity index (χ3n) is 17.0. The molecule has 0 heterocycles. The minimum absolute atomic E-state index is 0.0161. The van der Waals surface area contributed by atoms with Crippen LogP contribution >= 0.6 is 0 Å². The van der Waals surface area contributed by atoms with Crippen molar-refractivity contribution in [2.24, 2.45) is 0 Å². The Morgan fingerprint density at radius 3 is 1.26 bits per heavy atom. The highest BCUT2D eigenvalue weighted by molar-refractivity contribution is 6.31. The van der Waals surface area contributed by atoms with Gasteiger partial charge in [-0.1, -0.05) is 254 Å². The standard InChI is InChI=1S/C42H47F3N2O4.C41H40N2O5/c1-2-3-4-5-6-7-8-9-10-13-28-46-39(48)36-26-24-34(25-27-36)33-20-16-31(17-21-33)29-47(40(49)41(50)51)30-32-18-22-35(23-19-32)37-14-11-12-15-38(37)42(43,44)45;1-2-3-5-9-30-14-16-31(17-15-30)27-42-39(44)36-24-22-35(23-25-36)34-20-18-32(19-21-34)28-43(40(45)41(46)47)29-33-10-8-13-38(26-33)48-37-11-6-4-7-12-37/h11-12,14-27H,2-10,13,28-30H2,1H3,(H,46,48)(H,50,51);4,6-8,10-26H,2-3,5,9,27-29H2,1H3,(H,42,44)(H,46,47). The Labute approximate surface area is 578 Å². The van der Waals surface area contributed by atoms with Crippen LogP contribution in [0.4, 0.5) is 13.2 Å². The topological polar surface area (TPSA) is 183 Å². The molecule has 9 aromatic carbocycles. The zero-order chi connectivity index (χ0) is 70.4. The van der Waals surface area contributed by atoms with Crippen molar-refractivity contribution in [3.05, 3.63) is 275 Å². The summed E-state index contributed by atoms with van der Waals surface area (Å²) in [6, 6.07) is 66.3. The number of carboxylic acids is 2. The lowest BCUT2D eigenvalue weighted by Gasteiger charge is -2.21. The highest BCUT2D eigenvalue weighted by Gasteiger charge is 2.33. The molecule has 99 heavy (non-hydrogen) atoms. The molecule has 9 rings (SSSR count). The molecule has 0 saturated heterocycles. The van der Waals surface area contributed by atoms with Gasteiger partial charge in [0.25, 0.3) is 11.8 Å². The van der Waals surface area contributed by atoms with E-state index in [0.717, 1.165) is 64.3 Å². The first-order valence-electron chi connectivity index (χ1n) is 34.1. The van der Waals surface area contributed by atoms with Crippen LogP contribution in [0.25, 0.3) is 33.4 Å². The van der Waals surface area contributed by atoms with Gasteiger partial charge in [-0.15, -0.1) is 0 Å². The van der Waals surface area contributed by atoms with Crippen molar-refractivity contribution < 1.29 is 56.9 Å². The van der Waals surface area contributed by atoms with Gasteiger partial charge >= 0.3 is 29.9 Å². The number of ether oxygens (including phenoxy) is 1. The number of para-hydroxylation sites is 1. The Kier molecular flexibility index (Phi) is 28.7. The molecule has 0 fully saturated rings. The molecule has 0 atom stereocenters. The second-order valence-corrected chi connectivity index (χ2v) is 24.7. The number of carboxylic acid groups (broad SMARTS) is 2. The van der Waals surface area contributed by atoms with Crippen molar-refractivity contribution in [3.8, 4) is 44.9 Å². The molecule has 0 unspecified atom stereocenters. The lowest BCUT2D eigenvalue weighted by Crippen LogP contribution is -2.35. The number of alkyl halides is 3. The first-order chi connectivity index (χ1) is 47.9. The van der Waals surface area contributed by atoms with Crippen LogP contribution in [-0.4, -0.2) is 62.1 Å². The van der Waals surface area contributed by atoms with Gasteiger partial charge in [0.05, 0.1) is 5.56 Å². The first kappa shape index (κ1) is 74.2. The fourth-order valence-corrected chi connectivity index (χ4v) is 11.5. The number of nitrogens with zero attached hydrogens (tertiary/aromatic N) is 2. The number of amides is 4. The normalized spacial score (nSPS) is 11.0. The number of hydrogen-bond donors (Lipinski definition) is 4. The summed E-state index contributed by atoms with van der Waals surface area (Å²) in [6.45, 7) is 5.75. The number of carbonyl (C=O) groups is 6. The predicted molar refractivity (Wildman–Crippen MR) is 382 cm³/mol. The third kappa shape index (κ3) is 23.9.